The van der Waals surface area contributed by atoms with Crippen molar-refractivity contribution in [3.05, 3.63) is 42.1 Å². The van der Waals surface area contributed by atoms with Crippen LogP contribution in [-0.4, -0.2) is 29.2 Å². The molecule has 0 radical (unpaired) electrons. The Balaban J connectivity index is 1.84. The Morgan fingerprint density at radius 1 is 1.25 bits per heavy atom. The van der Waals surface area contributed by atoms with Gasteiger partial charge in [-0.15, -0.1) is 0 Å². The second kappa shape index (κ2) is 5.71. The van der Waals surface area contributed by atoms with Crippen molar-refractivity contribution in [2.75, 3.05) is 25.5 Å². The van der Waals surface area contributed by atoms with E-state index >= 15 is 0 Å². The van der Waals surface area contributed by atoms with Gasteiger partial charge in [0.15, 0.2) is 0 Å². The van der Waals surface area contributed by atoms with E-state index in [0.717, 1.165) is 25.0 Å². The molecule has 0 unspecified atom stereocenters. The molecule has 2 N–H and O–H groups in total. The highest BCUT2D eigenvalue weighted by atomic mass is 15.3. The van der Waals surface area contributed by atoms with Crippen LogP contribution in [0.2, 0.25) is 0 Å². The molecule has 0 atom stereocenters. The number of para-hydroxylation sites is 1. The highest BCUT2D eigenvalue weighted by Gasteiger charge is 2.16. The summed E-state index contributed by atoms with van der Waals surface area (Å²) in [7, 11) is 0. The zero-order valence-electron chi connectivity index (χ0n) is 12.2. The molecule has 3 heteroatoms. The summed E-state index contributed by atoms with van der Waals surface area (Å²) in [5.41, 5.74) is 3.85. The molecule has 1 aliphatic rings. The Labute approximate surface area is 120 Å². The van der Waals surface area contributed by atoms with Gasteiger partial charge in [-0.1, -0.05) is 37.6 Å². The number of aromatic nitrogens is 1. The average molecular weight is 269 g/mol. The molecule has 1 aromatic carbocycles. The average Bonchev–Trinajstić information content (AvgIpc) is 2.83. The smallest absolute Gasteiger partial charge is 0.0696 e. The second-order valence-electron chi connectivity index (χ2n) is 5.60. The van der Waals surface area contributed by atoms with E-state index in [-0.39, 0.29) is 0 Å². The first kappa shape index (κ1) is 13.3. The van der Waals surface area contributed by atoms with Crippen LogP contribution in [0.15, 0.2) is 36.5 Å². The number of rotatable bonds is 4. The van der Waals surface area contributed by atoms with Crippen LogP contribution < -0.4 is 5.84 Å². The van der Waals surface area contributed by atoms with E-state index in [9.17, 15) is 0 Å². The van der Waals surface area contributed by atoms with Crippen molar-refractivity contribution in [3.8, 4) is 0 Å². The Morgan fingerprint density at radius 2 is 2.10 bits per heavy atom. The summed E-state index contributed by atoms with van der Waals surface area (Å²) < 4.78 is 1.75. The third kappa shape index (κ3) is 2.46. The molecule has 3 nitrogen and oxygen atoms in total. The topological polar surface area (TPSA) is 34.2 Å². The second-order valence-corrected chi connectivity index (χ2v) is 5.60. The van der Waals surface area contributed by atoms with Crippen molar-refractivity contribution in [3.63, 3.8) is 0 Å². The molecule has 1 aliphatic heterocycles. The molecule has 3 rings (SSSR count). The number of nitrogens with zero attached hydrogens (tertiary/aromatic N) is 2. The standard InChI is InChI=1S/C17H23N3/c1-2-3-10-19-11-8-14(9-12-19)16-13-20(18)17-7-5-4-6-15(16)17/h4-8,13H,2-3,9-12,18H2,1H3. The fourth-order valence-electron chi connectivity index (χ4n) is 3.00. The van der Waals surface area contributed by atoms with E-state index in [1.165, 1.54) is 35.9 Å². The summed E-state index contributed by atoms with van der Waals surface area (Å²) in [5.74, 6) is 6.06. The molecule has 0 spiro atoms. The molecule has 20 heavy (non-hydrogen) atoms. The zero-order valence-corrected chi connectivity index (χ0v) is 12.2. The first-order chi connectivity index (χ1) is 9.79. The summed E-state index contributed by atoms with van der Waals surface area (Å²) in [6.45, 7) is 5.70. The lowest BCUT2D eigenvalue weighted by atomic mass is 9.99. The summed E-state index contributed by atoms with van der Waals surface area (Å²) in [6.07, 6.45) is 8.13. The first-order valence-corrected chi connectivity index (χ1v) is 7.56. The first-order valence-electron chi connectivity index (χ1n) is 7.56. The third-order valence-corrected chi connectivity index (χ3v) is 4.21. The van der Waals surface area contributed by atoms with Gasteiger partial charge in [0.1, 0.15) is 0 Å². The molecule has 0 aliphatic carbocycles. The fourth-order valence-corrected chi connectivity index (χ4v) is 3.00. The van der Waals surface area contributed by atoms with E-state index in [0.29, 0.717) is 0 Å². The lowest BCUT2D eigenvalue weighted by Crippen LogP contribution is -2.29. The van der Waals surface area contributed by atoms with Crippen molar-refractivity contribution < 1.29 is 0 Å². The van der Waals surface area contributed by atoms with Gasteiger partial charge in [0.2, 0.25) is 0 Å². The van der Waals surface area contributed by atoms with Crippen molar-refractivity contribution in [2.45, 2.75) is 26.2 Å². The van der Waals surface area contributed by atoms with Crippen LogP contribution in [0.4, 0.5) is 0 Å². The van der Waals surface area contributed by atoms with Crippen molar-refractivity contribution >= 4 is 16.5 Å². The summed E-state index contributed by atoms with van der Waals surface area (Å²) in [5, 5.41) is 1.27. The van der Waals surface area contributed by atoms with Gasteiger partial charge in [0.05, 0.1) is 5.52 Å². The molecule has 1 aromatic heterocycles. The molecular weight excluding hydrogens is 246 g/mol. The summed E-state index contributed by atoms with van der Waals surface area (Å²) >= 11 is 0. The number of benzene rings is 1. The van der Waals surface area contributed by atoms with E-state index in [4.69, 9.17) is 5.84 Å². The Hall–Kier alpha value is -1.74. The van der Waals surface area contributed by atoms with Crippen molar-refractivity contribution in [1.29, 1.82) is 0 Å². The number of unbranched alkanes of at least 4 members (excludes halogenated alkanes) is 1. The molecule has 0 bridgehead atoms. The number of fused-ring (bicyclic) bond motifs is 1. The molecule has 0 saturated heterocycles. The molecular formula is C17H23N3. The normalized spacial score (nSPS) is 16.6. The van der Waals surface area contributed by atoms with Gasteiger partial charge < -0.3 is 5.84 Å². The minimum absolute atomic E-state index is 1.07. The lowest BCUT2D eigenvalue weighted by molar-refractivity contribution is 0.297. The maximum Gasteiger partial charge on any atom is 0.0696 e. The number of nitrogens with two attached hydrogens (primary N) is 1. The lowest BCUT2D eigenvalue weighted by Gasteiger charge is -2.26. The van der Waals surface area contributed by atoms with Gasteiger partial charge in [-0.2, -0.15) is 0 Å². The van der Waals surface area contributed by atoms with Gasteiger partial charge in [-0.05, 0) is 31.0 Å². The van der Waals surface area contributed by atoms with Crippen LogP contribution in [0.5, 0.6) is 0 Å². The van der Waals surface area contributed by atoms with Crippen LogP contribution in [0.1, 0.15) is 31.7 Å². The predicted molar refractivity (Wildman–Crippen MR) is 86.0 cm³/mol. The van der Waals surface area contributed by atoms with E-state index < -0.39 is 0 Å². The zero-order chi connectivity index (χ0) is 13.9. The minimum Gasteiger partial charge on any atom is -0.339 e. The maximum atomic E-state index is 6.06. The van der Waals surface area contributed by atoms with Gasteiger partial charge in [0.25, 0.3) is 0 Å². The molecule has 106 valence electrons. The van der Waals surface area contributed by atoms with Crippen molar-refractivity contribution in [1.82, 2.24) is 9.58 Å². The summed E-state index contributed by atoms with van der Waals surface area (Å²) in [6, 6.07) is 8.37. The Kier molecular flexibility index (Phi) is 3.79. The fraction of sp³-hybridized carbons (Fsp3) is 0.412. The van der Waals surface area contributed by atoms with E-state index in [1.54, 1.807) is 4.68 Å². The maximum absolute atomic E-state index is 6.06. The van der Waals surface area contributed by atoms with Gasteiger partial charge >= 0.3 is 0 Å². The molecule has 0 saturated carbocycles. The highest BCUT2D eigenvalue weighted by molar-refractivity contribution is 5.93. The molecule has 0 amide bonds. The Bertz CT molecular complexity index is 624. The predicted octanol–water partition coefficient (Wildman–Crippen LogP) is 3.24. The van der Waals surface area contributed by atoms with Gasteiger partial charge in [0, 0.05) is 30.2 Å². The van der Waals surface area contributed by atoms with Crippen LogP contribution in [0, 0.1) is 0 Å². The number of nitrogen functional groups attached to an aromatic ring is 1. The third-order valence-electron chi connectivity index (χ3n) is 4.21. The minimum atomic E-state index is 1.07. The SMILES string of the molecule is CCCCN1CC=C(c2cn(N)c3ccccc23)CC1. The summed E-state index contributed by atoms with van der Waals surface area (Å²) in [4.78, 5) is 2.54. The largest absolute Gasteiger partial charge is 0.339 e. The van der Waals surface area contributed by atoms with Gasteiger partial charge in [-0.25, -0.2) is 0 Å². The van der Waals surface area contributed by atoms with Crippen LogP contribution >= 0.6 is 0 Å². The van der Waals surface area contributed by atoms with Crippen LogP contribution in [0.25, 0.3) is 16.5 Å². The van der Waals surface area contributed by atoms with Crippen LogP contribution in [-0.2, 0) is 0 Å². The molecule has 2 heterocycles. The van der Waals surface area contributed by atoms with E-state index in [1.807, 2.05) is 6.07 Å². The number of hydrogen-bond donors (Lipinski definition) is 1. The van der Waals surface area contributed by atoms with E-state index in [2.05, 4.69) is 42.3 Å². The Morgan fingerprint density at radius 3 is 2.85 bits per heavy atom. The van der Waals surface area contributed by atoms with Crippen molar-refractivity contribution in [2.24, 2.45) is 0 Å². The van der Waals surface area contributed by atoms with Crippen LogP contribution in [0.3, 0.4) is 0 Å². The monoisotopic (exact) mass is 269 g/mol. The molecule has 2 aromatic rings. The van der Waals surface area contributed by atoms with Gasteiger partial charge in [-0.3, -0.25) is 9.58 Å². The number of hydrogen-bond acceptors (Lipinski definition) is 2. The quantitative estimate of drug-likeness (QED) is 0.865. The molecule has 0 fully saturated rings. The highest BCUT2D eigenvalue weighted by Crippen LogP contribution is 2.29.